The molecule has 1 fully saturated rings. The highest BCUT2D eigenvalue weighted by Gasteiger charge is 2.42. The van der Waals surface area contributed by atoms with E-state index in [4.69, 9.17) is 4.74 Å². The number of rotatable bonds is 1. The van der Waals surface area contributed by atoms with E-state index in [1.807, 2.05) is 0 Å². The van der Waals surface area contributed by atoms with Gasteiger partial charge in [0.2, 0.25) is 0 Å². The molecule has 19 heavy (non-hydrogen) atoms. The van der Waals surface area contributed by atoms with Crippen molar-refractivity contribution in [2.75, 3.05) is 19.8 Å². The predicted molar refractivity (Wildman–Crippen MR) is 59.5 cm³/mol. The minimum Gasteiger partial charge on any atom is -0.378 e. The summed E-state index contributed by atoms with van der Waals surface area (Å²) in [6.07, 6.45) is -3.74. The molecule has 1 N–H and O–H groups in total. The fourth-order valence-corrected chi connectivity index (χ4v) is 2.60. The number of hydrogen-bond acceptors (Lipinski definition) is 4. The maximum Gasteiger partial charge on any atom is 0.393 e. The van der Waals surface area contributed by atoms with Gasteiger partial charge in [-0.05, 0) is 6.42 Å². The first-order chi connectivity index (χ1) is 9.05. The van der Waals surface area contributed by atoms with Gasteiger partial charge in [-0.15, -0.1) is 10.2 Å². The van der Waals surface area contributed by atoms with Crippen LogP contribution in [0.1, 0.15) is 24.1 Å². The van der Waals surface area contributed by atoms with Crippen LogP contribution in [0, 0.1) is 5.92 Å². The molecule has 0 aliphatic carbocycles. The Hall–Kier alpha value is -1.15. The van der Waals surface area contributed by atoms with Crippen LogP contribution in [0.3, 0.4) is 0 Å². The molecule has 8 heteroatoms. The molecule has 0 saturated carbocycles. The summed E-state index contributed by atoms with van der Waals surface area (Å²) in [5.74, 6) is -0.106. The smallest absolute Gasteiger partial charge is 0.378 e. The average Bonchev–Trinajstić information content (AvgIpc) is 2.81. The van der Waals surface area contributed by atoms with Gasteiger partial charge in [-0.3, -0.25) is 0 Å². The molecule has 1 saturated heterocycles. The Bertz CT molecular complexity index is 453. The number of hydrogen-bond donors (Lipinski definition) is 1. The van der Waals surface area contributed by atoms with Gasteiger partial charge in [0, 0.05) is 19.5 Å². The van der Waals surface area contributed by atoms with Gasteiger partial charge in [0.25, 0.3) is 0 Å². The first-order valence-corrected chi connectivity index (χ1v) is 6.35. The molecule has 5 nitrogen and oxygen atoms in total. The van der Waals surface area contributed by atoms with E-state index in [0.717, 1.165) is 0 Å². The van der Waals surface area contributed by atoms with Crippen LogP contribution >= 0.6 is 0 Å². The molecular weight excluding hydrogens is 261 g/mol. The Morgan fingerprint density at radius 2 is 2.16 bits per heavy atom. The lowest BCUT2D eigenvalue weighted by molar-refractivity contribution is -0.182. The Morgan fingerprint density at radius 3 is 2.84 bits per heavy atom. The SMILES string of the molecule is FC(F)(F)C1CCc2nnc(C3COCCN3)n2C1. The molecular formula is C11H15F3N4O. The van der Waals surface area contributed by atoms with E-state index >= 15 is 0 Å². The molecule has 3 rings (SSSR count). The van der Waals surface area contributed by atoms with Gasteiger partial charge in [0.15, 0.2) is 5.82 Å². The zero-order valence-corrected chi connectivity index (χ0v) is 10.3. The van der Waals surface area contributed by atoms with Gasteiger partial charge < -0.3 is 14.6 Å². The molecule has 2 atom stereocenters. The summed E-state index contributed by atoms with van der Waals surface area (Å²) < 4.78 is 45.4. The number of ether oxygens (including phenoxy) is 1. The van der Waals surface area contributed by atoms with Crippen molar-refractivity contribution in [2.24, 2.45) is 5.92 Å². The van der Waals surface area contributed by atoms with Crippen molar-refractivity contribution >= 4 is 0 Å². The Balaban J connectivity index is 1.84. The van der Waals surface area contributed by atoms with Crippen molar-refractivity contribution in [1.82, 2.24) is 20.1 Å². The largest absolute Gasteiger partial charge is 0.393 e. The van der Waals surface area contributed by atoms with Gasteiger partial charge in [0.05, 0.1) is 25.2 Å². The minimum absolute atomic E-state index is 0.0840. The summed E-state index contributed by atoms with van der Waals surface area (Å²) in [5.41, 5.74) is 0. The van der Waals surface area contributed by atoms with Crippen LogP contribution < -0.4 is 5.32 Å². The van der Waals surface area contributed by atoms with Gasteiger partial charge in [0.1, 0.15) is 5.82 Å². The molecule has 0 amide bonds. The maximum absolute atomic E-state index is 12.8. The van der Waals surface area contributed by atoms with E-state index in [1.165, 1.54) is 0 Å². The second kappa shape index (κ2) is 4.75. The zero-order chi connectivity index (χ0) is 13.5. The molecule has 1 aromatic rings. The number of aryl methyl sites for hydroxylation is 1. The normalized spacial score (nSPS) is 28.2. The van der Waals surface area contributed by atoms with Crippen LogP contribution in [-0.2, 0) is 17.7 Å². The van der Waals surface area contributed by atoms with Gasteiger partial charge in [-0.1, -0.05) is 0 Å². The monoisotopic (exact) mass is 276 g/mol. The molecule has 106 valence electrons. The highest BCUT2D eigenvalue weighted by molar-refractivity contribution is 5.05. The fourth-order valence-electron chi connectivity index (χ4n) is 2.60. The van der Waals surface area contributed by atoms with Crippen molar-refractivity contribution in [1.29, 1.82) is 0 Å². The molecule has 1 aromatic heterocycles. The number of morpholine rings is 1. The summed E-state index contributed by atoms with van der Waals surface area (Å²) in [5, 5.41) is 11.2. The number of nitrogens with zero attached hydrogens (tertiary/aromatic N) is 3. The molecule has 0 spiro atoms. The van der Waals surface area contributed by atoms with E-state index in [2.05, 4.69) is 15.5 Å². The standard InChI is InChI=1S/C11H15F3N4O/c12-11(13,14)7-1-2-9-16-17-10(18(9)5-7)8-6-19-4-3-15-8/h7-8,15H,1-6H2. The number of aromatic nitrogens is 3. The molecule has 2 aliphatic rings. The summed E-state index contributed by atoms with van der Waals surface area (Å²) >= 11 is 0. The zero-order valence-electron chi connectivity index (χ0n) is 10.3. The predicted octanol–water partition coefficient (Wildman–Crippen LogP) is 1.06. The first-order valence-electron chi connectivity index (χ1n) is 6.35. The molecule has 2 unspecified atom stereocenters. The number of halogens is 3. The van der Waals surface area contributed by atoms with Crippen molar-refractivity contribution in [3.63, 3.8) is 0 Å². The van der Waals surface area contributed by atoms with Crippen molar-refractivity contribution < 1.29 is 17.9 Å². The lowest BCUT2D eigenvalue weighted by Crippen LogP contribution is -2.38. The van der Waals surface area contributed by atoms with Crippen LogP contribution in [0.5, 0.6) is 0 Å². The summed E-state index contributed by atoms with van der Waals surface area (Å²) in [6.45, 7) is 1.63. The van der Waals surface area contributed by atoms with E-state index in [0.29, 0.717) is 37.8 Å². The highest BCUT2D eigenvalue weighted by Crippen LogP contribution is 2.35. The summed E-state index contributed by atoms with van der Waals surface area (Å²) in [7, 11) is 0. The van der Waals surface area contributed by atoms with E-state index < -0.39 is 12.1 Å². The molecule has 0 bridgehead atoms. The average molecular weight is 276 g/mol. The maximum atomic E-state index is 12.8. The first kappa shape index (κ1) is 12.9. The third-order valence-electron chi connectivity index (χ3n) is 3.67. The van der Waals surface area contributed by atoms with Crippen molar-refractivity contribution in [3.05, 3.63) is 11.6 Å². The topological polar surface area (TPSA) is 52.0 Å². The lowest BCUT2D eigenvalue weighted by atomic mass is 9.98. The van der Waals surface area contributed by atoms with Crippen LogP contribution in [-0.4, -0.2) is 40.7 Å². The van der Waals surface area contributed by atoms with Gasteiger partial charge in [-0.2, -0.15) is 13.2 Å². The highest BCUT2D eigenvalue weighted by atomic mass is 19.4. The molecule has 0 aromatic carbocycles. The Kier molecular flexibility index (Phi) is 3.22. The second-order valence-corrected chi connectivity index (χ2v) is 4.94. The van der Waals surface area contributed by atoms with Crippen LogP contribution in [0.15, 0.2) is 0 Å². The lowest BCUT2D eigenvalue weighted by Gasteiger charge is -2.29. The molecule has 3 heterocycles. The van der Waals surface area contributed by atoms with Crippen LogP contribution in [0.4, 0.5) is 13.2 Å². The van der Waals surface area contributed by atoms with Crippen LogP contribution in [0.2, 0.25) is 0 Å². The number of alkyl halides is 3. The van der Waals surface area contributed by atoms with Crippen molar-refractivity contribution in [3.8, 4) is 0 Å². The number of nitrogens with one attached hydrogen (secondary N) is 1. The van der Waals surface area contributed by atoms with E-state index in [9.17, 15) is 13.2 Å². The third-order valence-corrected chi connectivity index (χ3v) is 3.67. The fraction of sp³-hybridized carbons (Fsp3) is 0.818. The number of fused-ring (bicyclic) bond motifs is 1. The Morgan fingerprint density at radius 1 is 1.32 bits per heavy atom. The van der Waals surface area contributed by atoms with E-state index in [1.54, 1.807) is 4.57 Å². The van der Waals surface area contributed by atoms with Gasteiger partial charge >= 0.3 is 6.18 Å². The third kappa shape index (κ3) is 2.46. The minimum atomic E-state index is -4.16. The van der Waals surface area contributed by atoms with Gasteiger partial charge in [-0.25, -0.2) is 0 Å². The second-order valence-electron chi connectivity index (χ2n) is 4.94. The summed E-state index contributed by atoms with van der Waals surface area (Å²) in [6, 6.07) is -0.165. The van der Waals surface area contributed by atoms with E-state index in [-0.39, 0.29) is 19.0 Å². The molecule has 2 aliphatic heterocycles. The summed E-state index contributed by atoms with van der Waals surface area (Å²) in [4.78, 5) is 0. The Labute approximate surface area is 108 Å². The molecule has 0 radical (unpaired) electrons. The van der Waals surface area contributed by atoms with Crippen LogP contribution in [0.25, 0.3) is 0 Å². The quantitative estimate of drug-likeness (QED) is 0.833. The van der Waals surface area contributed by atoms with Crippen molar-refractivity contribution in [2.45, 2.75) is 31.6 Å².